The highest BCUT2D eigenvalue weighted by Crippen LogP contribution is 2.17. The van der Waals surface area contributed by atoms with Crippen molar-refractivity contribution < 1.29 is 4.79 Å². The molecular weight excluding hydrogens is 210 g/mol. The molecule has 1 aromatic carbocycles. The van der Waals surface area contributed by atoms with Gasteiger partial charge in [0.05, 0.1) is 0 Å². The van der Waals surface area contributed by atoms with E-state index in [9.17, 15) is 4.79 Å². The quantitative estimate of drug-likeness (QED) is 0.743. The van der Waals surface area contributed by atoms with Crippen LogP contribution in [0.5, 0.6) is 0 Å². The van der Waals surface area contributed by atoms with Crippen molar-refractivity contribution in [1.82, 2.24) is 4.90 Å². The Labute approximate surface area is 104 Å². The maximum absolute atomic E-state index is 10.8. The number of nitrogens with zero attached hydrogens (tertiary/aromatic N) is 1. The zero-order valence-electron chi connectivity index (χ0n) is 10.6. The first-order valence-corrected chi connectivity index (χ1v) is 6.57. The predicted molar refractivity (Wildman–Crippen MR) is 69.9 cm³/mol. The van der Waals surface area contributed by atoms with Gasteiger partial charge in [-0.05, 0) is 36.9 Å². The van der Waals surface area contributed by atoms with Crippen LogP contribution < -0.4 is 0 Å². The number of benzene rings is 1. The average molecular weight is 231 g/mol. The van der Waals surface area contributed by atoms with Crippen molar-refractivity contribution in [2.45, 2.75) is 32.7 Å². The van der Waals surface area contributed by atoms with Crippen LogP contribution in [0.25, 0.3) is 0 Å². The van der Waals surface area contributed by atoms with E-state index >= 15 is 0 Å². The van der Waals surface area contributed by atoms with Gasteiger partial charge in [-0.15, -0.1) is 0 Å². The second-order valence-electron chi connectivity index (χ2n) is 4.94. The van der Waals surface area contributed by atoms with E-state index in [4.69, 9.17) is 0 Å². The van der Waals surface area contributed by atoms with E-state index in [1.165, 1.54) is 11.1 Å². The summed E-state index contributed by atoms with van der Waals surface area (Å²) in [5.74, 6) is 0.249. The zero-order chi connectivity index (χ0) is 12.1. The molecule has 0 aliphatic carbocycles. The number of hydrogen-bond donors (Lipinski definition) is 0. The molecule has 1 heterocycles. The third-order valence-electron chi connectivity index (χ3n) is 3.57. The first kappa shape index (κ1) is 12.3. The summed E-state index contributed by atoms with van der Waals surface area (Å²) in [5, 5.41) is 0. The van der Waals surface area contributed by atoms with Crippen LogP contribution in [0.3, 0.4) is 0 Å². The van der Waals surface area contributed by atoms with Gasteiger partial charge in [0.25, 0.3) is 0 Å². The second-order valence-corrected chi connectivity index (χ2v) is 4.94. The fourth-order valence-electron chi connectivity index (χ4n) is 2.48. The minimum absolute atomic E-state index is 0.249. The van der Waals surface area contributed by atoms with Gasteiger partial charge in [0, 0.05) is 19.0 Å². The van der Waals surface area contributed by atoms with Crippen LogP contribution in [0.15, 0.2) is 24.3 Å². The van der Waals surface area contributed by atoms with Gasteiger partial charge in [0.1, 0.15) is 6.29 Å². The summed E-state index contributed by atoms with van der Waals surface area (Å²) < 4.78 is 0. The lowest BCUT2D eigenvalue weighted by molar-refractivity contribution is -0.112. The Kier molecular flexibility index (Phi) is 4.32. The van der Waals surface area contributed by atoms with Gasteiger partial charge in [-0.25, -0.2) is 0 Å². The van der Waals surface area contributed by atoms with Crippen molar-refractivity contribution in [2.75, 3.05) is 13.1 Å². The molecule has 92 valence electrons. The van der Waals surface area contributed by atoms with Crippen molar-refractivity contribution in [3.8, 4) is 0 Å². The lowest BCUT2D eigenvalue weighted by Crippen LogP contribution is -2.35. The standard InChI is InChI=1S/C15H21NO/c1-2-13-5-7-14(8-6-13)10-16-9-3-4-15(11-16)12-17/h5-8,12,15H,2-4,9-11H2,1H3. The number of aryl methyl sites for hydroxylation is 1. The summed E-state index contributed by atoms with van der Waals surface area (Å²) in [5.41, 5.74) is 2.74. The van der Waals surface area contributed by atoms with Gasteiger partial charge < -0.3 is 4.79 Å². The van der Waals surface area contributed by atoms with E-state index in [2.05, 4.69) is 36.1 Å². The lowest BCUT2D eigenvalue weighted by Gasteiger charge is -2.30. The monoisotopic (exact) mass is 231 g/mol. The maximum atomic E-state index is 10.8. The zero-order valence-corrected chi connectivity index (χ0v) is 10.6. The molecule has 0 spiro atoms. The topological polar surface area (TPSA) is 20.3 Å². The minimum atomic E-state index is 0.249. The van der Waals surface area contributed by atoms with Crippen LogP contribution in [0, 0.1) is 5.92 Å². The molecule has 0 N–H and O–H groups in total. The molecule has 1 saturated heterocycles. The third-order valence-corrected chi connectivity index (χ3v) is 3.57. The highest BCUT2D eigenvalue weighted by atomic mass is 16.1. The van der Waals surface area contributed by atoms with Gasteiger partial charge in [-0.3, -0.25) is 4.90 Å². The van der Waals surface area contributed by atoms with Crippen LogP contribution in [-0.4, -0.2) is 24.3 Å². The van der Waals surface area contributed by atoms with Gasteiger partial charge in [0.15, 0.2) is 0 Å². The van der Waals surface area contributed by atoms with E-state index in [1.54, 1.807) is 0 Å². The fourth-order valence-corrected chi connectivity index (χ4v) is 2.48. The number of piperidine rings is 1. The molecule has 1 fully saturated rings. The molecule has 2 nitrogen and oxygen atoms in total. The Hall–Kier alpha value is -1.15. The average Bonchev–Trinajstić information content (AvgIpc) is 2.40. The maximum Gasteiger partial charge on any atom is 0.124 e. The van der Waals surface area contributed by atoms with Crippen LogP contribution in [0.2, 0.25) is 0 Å². The molecule has 17 heavy (non-hydrogen) atoms. The van der Waals surface area contributed by atoms with Gasteiger partial charge in [-0.2, -0.15) is 0 Å². The lowest BCUT2D eigenvalue weighted by atomic mass is 9.99. The largest absolute Gasteiger partial charge is 0.303 e. The van der Waals surface area contributed by atoms with Crippen LogP contribution >= 0.6 is 0 Å². The molecule has 2 rings (SSSR count). The smallest absolute Gasteiger partial charge is 0.124 e. The van der Waals surface area contributed by atoms with Crippen molar-refractivity contribution in [3.05, 3.63) is 35.4 Å². The normalized spacial score (nSPS) is 21.4. The van der Waals surface area contributed by atoms with Crippen molar-refractivity contribution >= 4 is 6.29 Å². The highest BCUT2D eigenvalue weighted by Gasteiger charge is 2.18. The summed E-state index contributed by atoms with van der Waals surface area (Å²) in [6.45, 7) is 5.21. The summed E-state index contributed by atoms with van der Waals surface area (Å²) in [7, 11) is 0. The minimum Gasteiger partial charge on any atom is -0.303 e. The summed E-state index contributed by atoms with van der Waals surface area (Å²) in [6.07, 6.45) is 4.43. The molecule has 0 amide bonds. The van der Waals surface area contributed by atoms with Crippen molar-refractivity contribution in [1.29, 1.82) is 0 Å². The number of rotatable bonds is 4. The number of likely N-dealkylation sites (tertiary alicyclic amines) is 1. The van der Waals surface area contributed by atoms with Crippen molar-refractivity contribution in [2.24, 2.45) is 5.92 Å². The molecular formula is C15H21NO. The van der Waals surface area contributed by atoms with Crippen LogP contribution in [-0.2, 0) is 17.8 Å². The fraction of sp³-hybridized carbons (Fsp3) is 0.533. The Morgan fingerprint density at radius 3 is 2.65 bits per heavy atom. The SMILES string of the molecule is CCc1ccc(CN2CCCC(C=O)C2)cc1. The Balaban J connectivity index is 1.92. The Bertz CT molecular complexity index is 358. The highest BCUT2D eigenvalue weighted by molar-refractivity contribution is 5.53. The van der Waals surface area contributed by atoms with E-state index in [1.807, 2.05) is 0 Å². The Morgan fingerprint density at radius 2 is 2.00 bits per heavy atom. The number of aldehydes is 1. The van der Waals surface area contributed by atoms with E-state index in [-0.39, 0.29) is 5.92 Å². The van der Waals surface area contributed by atoms with Gasteiger partial charge in [-0.1, -0.05) is 31.2 Å². The molecule has 1 aromatic rings. The molecule has 0 radical (unpaired) electrons. The van der Waals surface area contributed by atoms with Crippen molar-refractivity contribution in [3.63, 3.8) is 0 Å². The Morgan fingerprint density at radius 1 is 1.29 bits per heavy atom. The summed E-state index contributed by atoms with van der Waals surface area (Å²) in [6, 6.07) is 8.83. The number of carbonyl (C=O) groups is 1. The molecule has 1 aliphatic heterocycles. The first-order chi connectivity index (χ1) is 8.31. The number of carbonyl (C=O) groups excluding carboxylic acids is 1. The predicted octanol–water partition coefficient (Wildman–Crippen LogP) is 2.66. The van der Waals surface area contributed by atoms with E-state index in [0.29, 0.717) is 0 Å². The van der Waals surface area contributed by atoms with E-state index < -0.39 is 0 Å². The first-order valence-electron chi connectivity index (χ1n) is 6.57. The van der Waals surface area contributed by atoms with E-state index in [0.717, 1.165) is 45.2 Å². The van der Waals surface area contributed by atoms with Gasteiger partial charge >= 0.3 is 0 Å². The molecule has 0 saturated carbocycles. The third kappa shape index (κ3) is 3.40. The molecule has 2 heteroatoms. The molecule has 0 aromatic heterocycles. The molecule has 0 bridgehead atoms. The molecule has 1 unspecified atom stereocenters. The van der Waals surface area contributed by atoms with Gasteiger partial charge in [0.2, 0.25) is 0 Å². The number of hydrogen-bond acceptors (Lipinski definition) is 2. The second kappa shape index (κ2) is 5.97. The van der Waals surface area contributed by atoms with Crippen LogP contribution in [0.1, 0.15) is 30.9 Å². The molecule has 1 atom stereocenters. The summed E-state index contributed by atoms with van der Waals surface area (Å²) >= 11 is 0. The molecule has 1 aliphatic rings. The van der Waals surface area contributed by atoms with Crippen LogP contribution in [0.4, 0.5) is 0 Å². The summed E-state index contributed by atoms with van der Waals surface area (Å²) in [4.78, 5) is 13.2.